The Morgan fingerprint density at radius 2 is 1.94 bits per heavy atom. The summed E-state index contributed by atoms with van der Waals surface area (Å²) in [7, 11) is 0. The van der Waals surface area contributed by atoms with Crippen LogP contribution in [0, 0.1) is 5.89 Å². The number of oxime groups is 1. The summed E-state index contributed by atoms with van der Waals surface area (Å²) in [5.41, 5.74) is -6.69. The molecule has 2 aliphatic rings. The lowest BCUT2D eigenvalue weighted by Crippen LogP contribution is -2.36. The third-order valence-electron chi connectivity index (χ3n) is 5.02. The van der Waals surface area contributed by atoms with Crippen LogP contribution in [0.3, 0.4) is 0 Å². The van der Waals surface area contributed by atoms with Crippen LogP contribution in [0.1, 0.15) is 123 Å². The first-order valence-corrected chi connectivity index (χ1v) is 10.3. The van der Waals surface area contributed by atoms with E-state index in [0.29, 0.717) is 19.1 Å². The van der Waals surface area contributed by atoms with E-state index in [0.717, 1.165) is 25.1 Å². The Kier molecular flexibility index (Phi) is 3.03. The summed E-state index contributed by atoms with van der Waals surface area (Å²) < 4.78 is 233. The largest absolute Gasteiger partial charge is 0.416 e. The summed E-state index contributed by atoms with van der Waals surface area (Å²) >= 11 is 0. The maximum absolute atomic E-state index is 14.7. The van der Waals surface area contributed by atoms with E-state index in [9.17, 15) is 13.2 Å². The maximum Gasteiger partial charge on any atom is 0.416 e. The van der Waals surface area contributed by atoms with E-state index in [1.165, 1.54) is 0 Å². The summed E-state index contributed by atoms with van der Waals surface area (Å²) in [6.07, 6.45) is -25.5. The number of alkyl halides is 3. The van der Waals surface area contributed by atoms with Crippen LogP contribution >= 0.6 is 0 Å². The molecule has 35 heavy (non-hydrogen) atoms. The normalized spacial score (nSPS) is 44.2. The smallest absolute Gasteiger partial charge is 0.391 e. The molecule has 0 spiro atoms. The van der Waals surface area contributed by atoms with Gasteiger partial charge in [0, 0.05) is 35.3 Å². The molecule has 1 saturated carbocycles. The highest BCUT2D eigenvalue weighted by Crippen LogP contribution is 2.42. The number of aryl methyl sites for hydroxylation is 1. The Morgan fingerprint density at radius 3 is 2.66 bits per heavy atom. The van der Waals surface area contributed by atoms with Gasteiger partial charge in [0.25, 0.3) is 0 Å². The molecule has 190 valence electrons. The van der Waals surface area contributed by atoms with Gasteiger partial charge < -0.3 is 4.84 Å². The van der Waals surface area contributed by atoms with Gasteiger partial charge in [0.05, 0.1) is 14.0 Å². The monoisotopic (exact) mass is 509 g/mol. The second kappa shape index (κ2) is 11.2. The molecule has 1 heterocycles. The highest BCUT2D eigenvalue weighted by Gasteiger charge is 2.36. The summed E-state index contributed by atoms with van der Waals surface area (Å²) in [5, 5.41) is 3.55. The number of hydrogen-bond donors (Lipinski definition) is 0. The first kappa shape index (κ1) is 9.51. The molecule has 0 unspecified atom stereocenters. The van der Waals surface area contributed by atoms with Crippen molar-refractivity contribution in [3.63, 3.8) is 0 Å². The molecule has 3 nitrogen and oxygen atoms in total. The van der Waals surface area contributed by atoms with Crippen LogP contribution in [-0.2, 0) is 30.4 Å². The van der Waals surface area contributed by atoms with Crippen molar-refractivity contribution in [2.75, 3.05) is 13.0 Å². The van der Waals surface area contributed by atoms with E-state index >= 15 is 0 Å². The quantitative estimate of drug-likeness (QED) is 0.269. The predicted octanol–water partition coefficient (Wildman–Crippen LogP) is 7.71. The van der Waals surface area contributed by atoms with Crippen LogP contribution in [0.15, 0.2) is 41.6 Å². The molecule has 1 saturated heterocycles. The van der Waals surface area contributed by atoms with E-state index in [4.69, 9.17) is 36.4 Å². The zero-order valence-corrected chi connectivity index (χ0v) is 18.6. The average molecular weight is 510 g/mol. The van der Waals surface area contributed by atoms with Crippen molar-refractivity contribution in [3.8, 4) is 0 Å². The summed E-state index contributed by atoms with van der Waals surface area (Å²) in [6.45, 7) is -14.4. The summed E-state index contributed by atoms with van der Waals surface area (Å²) in [4.78, 5) is 4.94. The highest BCUT2D eigenvalue weighted by molar-refractivity contribution is 5.98. The fraction of sp³-hybridized carbons (Fsp3) is 0.552. The molecule has 2 fully saturated rings. The van der Waals surface area contributed by atoms with E-state index < -0.39 is 123 Å². The van der Waals surface area contributed by atoms with Crippen LogP contribution < -0.4 is 0 Å². The van der Waals surface area contributed by atoms with Crippen LogP contribution in [0.2, 0.25) is 0 Å². The molecular weight excluding hydrogens is 449 g/mol. The molecule has 0 radical (unpaired) electrons. The van der Waals surface area contributed by atoms with Crippen molar-refractivity contribution >= 4 is 5.71 Å². The molecule has 1 aliphatic carbocycles. The van der Waals surface area contributed by atoms with Gasteiger partial charge in [-0.3, -0.25) is 4.90 Å². The number of halogens is 3. The van der Waals surface area contributed by atoms with E-state index in [-0.39, 0.29) is 16.5 Å². The molecule has 0 atom stereocenters. The van der Waals surface area contributed by atoms with Gasteiger partial charge in [0.1, 0.15) is 6.56 Å². The standard InChI is InChI=1S/C29H37F3N2O/c1-4-23-17-25(11-12-26(23)18-34-14-5-15-34)21(3)33-35-19-22-8-13-27(28(16-22)29(30,31)32)24-9-6-20(2)7-10-24/h8,11-13,16-17,20,24H,4-7,9-10,14-15,18-19H2,1-3H3/b33-21+/i1D3,4D2,5D,6D2,7D2,9D2,10D2,14D2,15D2,18D2,19D2,20D. The fourth-order valence-corrected chi connectivity index (χ4v) is 3.18. The average Bonchev–Trinajstić information content (AvgIpc) is 3.04. The number of rotatable bonds is 8. The van der Waals surface area contributed by atoms with Crippen LogP contribution in [0.4, 0.5) is 13.2 Å². The lowest BCUT2D eigenvalue weighted by Gasteiger charge is -2.31. The third kappa shape index (κ3) is 6.46. The van der Waals surface area contributed by atoms with Crippen LogP contribution in [-0.4, -0.2) is 23.6 Å². The molecule has 1 aliphatic heterocycles. The van der Waals surface area contributed by atoms with E-state index in [1.54, 1.807) is 0 Å². The minimum absolute atomic E-state index is 0.00698. The van der Waals surface area contributed by atoms with Gasteiger partial charge >= 0.3 is 6.18 Å². The molecule has 0 amide bonds. The molecular formula is C29H37F3N2O. The minimum Gasteiger partial charge on any atom is -0.391 e. The molecule has 0 N–H and O–H groups in total. The predicted molar refractivity (Wildman–Crippen MR) is 135 cm³/mol. The third-order valence-corrected chi connectivity index (χ3v) is 5.02. The molecule has 4 rings (SSSR count). The summed E-state index contributed by atoms with van der Waals surface area (Å²) in [5.74, 6) is -6.00. The van der Waals surface area contributed by atoms with Gasteiger partial charge in [-0.05, 0) is 97.2 Å². The van der Waals surface area contributed by atoms with Gasteiger partial charge in [-0.2, -0.15) is 13.2 Å². The van der Waals surface area contributed by atoms with Crippen molar-refractivity contribution in [1.29, 1.82) is 0 Å². The van der Waals surface area contributed by atoms with Crippen molar-refractivity contribution in [1.82, 2.24) is 4.90 Å². The van der Waals surface area contributed by atoms with Crippen molar-refractivity contribution in [2.24, 2.45) is 11.0 Å². The first-order valence-electron chi connectivity index (χ1n) is 21.8. The van der Waals surface area contributed by atoms with Gasteiger partial charge in [0.2, 0.25) is 0 Å². The van der Waals surface area contributed by atoms with Gasteiger partial charge in [-0.25, -0.2) is 0 Å². The van der Waals surface area contributed by atoms with Crippen LogP contribution in [0.25, 0.3) is 0 Å². The Labute approximate surface area is 239 Å². The maximum atomic E-state index is 14.7. The van der Waals surface area contributed by atoms with Crippen LogP contribution in [0.5, 0.6) is 0 Å². The Bertz CT molecular complexity index is 1930. The molecule has 2 aromatic carbocycles. The molecule has 0 aromatic heterocycles. The number of hydrogen-bond acceptors (Lipinski definition) is 3. The van der Waals surface area contributed by atoms with Crippen molar-refractivity contribution in [2.45, 2.75) is 84.1 Å². The van der Waals surface area contributed by atoms with E-state index in [1.807, 2.05) is 0 Å². The fourth-order valence-electron chi connectivity index (χ4n) is 3.18. The highest BCUT2D eigenvalue weighted by atomic mass is 19.4. The number of likely N-dealkylation sites (tertiary alicyclic amines) is 1. The minimum atomic E-state index is -5.52. The lowest BCUT2D eigenvalue weighted by molar-refractivity contribution is -0.138. The number of benzene rings is 2. The SMILES string of the molecule is [2H]C1C([2H])([2H])N(C([2H])([2H])c2ccc(/C(C)=N/OC([2H])([2H])c3ccc(C4C([2H])([2H])C([2H])([2H])C([2H])(C)C([2H])([2H])C4([2H])[2H])c(C(F)(F)F)c3)cc2C([2H])([2H])C([2H])([2H])[2H])C1([2H])[2H]. The van der Waals surface area contributed by atoms with Crippen molar-refractivity contribution in [3.05, 3.63) is 69.8 Å². The number of nitrogens with zero attached hydrogens (tertiary/aromatic N) is 2. The first-order chi connectivity index (χ1) is 25.4. The zero-order chi connectivity index (χ0) is 45.4. The Hall–Kier alpha value is -2.34. The Balaban J connectivity index is 1.82. The lowest BCUT2D eigenvalue weighted by atomic mass is 9.78. The summed E-state index contributed by atoms with van der Waals surface area (Å²) in [6, 6.07) is 3.64. The zero-order valence-electron chi connectivity index (χ0n) is 41.6. The second-order valence-corrected chi connectivity index (χ2v) is 7.50. The Morgan fingerprint density at radius 1 is 1.17 bits per heavy atom. The van der Waals surface area contributed by atoms with E-state index in [2.05, 4.69) is 5.16 Å². The second-order valence-electron chi connectivity index (χ2n) is 7.50. The topological polar surface area (TPSA) is 24.8 Å². The van der Waals surface area contributed by atoms with Gasteiger partial charge in [-0.15, -0.1) is 0 Å². The molecule has 0 bridgehead atoms. The van der Waals surface area contributed by atoms with Gasteiger partial charge in [0.15, 0.2) is 0 Å². The van der Waals surface area contributed by atoms with Gasteiger partial charge in [-0.1, -0.05) is 55.9 Å². The molecule has 6 heteroatoms. The molecule has 2 aromatic rings. The van der Waals surface area contributed by atoms with Crippen molar-refractivity contribution < 1.29 is 49.5 Å².